The first-order valence-electron chi connectivity index (χ1n) is 14.1. The minimum atomic E-state index is -2.36. The fourth-order valence-corrected chi connectivity index (χ4v) is 6.38. The molecule has 1 aromatic carbocycles. The Morgan fingerprint density at radius 1 is 1.21 bits per heavy atom. The Bertz CT molecular complexity index is 1200. The Kier molecular flexibility index (Phi) is 6.21. The van der Waals surface area contributed by atoms with Crippen LogP contribution in [0.5, 0.6) is 11.5 Å². The van der Waals surface area contributed by atoms with E-state index in [1.165, 1.54) is 21.0 Å². The number of carbonyl (C=O) groups is 2. The van der Waals surface area contributed by atoms with Crippen molar-refractivity contribution in [1.82, 2.24) is 4.90 Å². The van der Waals surface area contributed by atoms with Gasteiger partial charge < -0.3 is 33.9 Å². The molecule has 0 aromatic heterocycles. The van der Waals surface area contributed by atoms with E-state index >= 15 is 0 Å². The van der Waals surface area contributed by atoms with Gasteiger partial charge in [-0.25, -0.2) is 4.79 Å². The predicted molar refractivity (Wildman–Crippen MR) is 135 cm³/mol. The second-order valence-corrected chi connectivity index (χ2v) is 11.3. The van der Waals surface area contributed by atoms with Crippen molar-refractivity contribution >= 4 is 11.9 Å². The molecule has 1 fully saturated rings. The third-order valence-electron chi connectivity index (χ3n) is 8.30. The Morgan fingerprint density at radius 2 is 1.97 bits per heavy atom. The number of methoxy groups -OCH3 is 2. The normalized spacial score (nSPS) is 28.2. The maximum atomic E-state index is 13.8. The zero-order valence-electron chi connectivity index (χ0n) is 24.0. The summed E-state index contributed by atoms with van der Waals surface area (Å²) in [5, 5.41) is 21.8. The van der Waals surface area contributed by atoms with Gasteiger partial charge in [0.15, 0.2) is 23.2 Å². The van der Waals surface area contributed by atoms with Gasteiger partial charge in [-0.1, -0.05) is 0 Å². The maximum Gasteiger partial charge on any atom is 0.339 e. The summed E-state index contributed by atoms with van der Waals surface area (Å²) in [7, 11) is -0.405. The second kappa shape index (κ2) is 9.73. The number of aliphatic hydroxyl groups is 2. The van der Waals surface area contributed by atoms with Crippen LogP contribution in [0.4, 0.5) is 0 Å². The van der Waals surface area contributed by atoms with Crippen molar-refractivity contribution < 1.29 is 46.2 Å². The third kappa shape index (κ3) is 4.63. The van der Waals surface area contributed by atoms with Crippen molar-refractivity contribution in [2.45, 2.75) is 81.1 Å². The molecule has 2 unspecified atom stereocenters. The van der Waals surface area contributed by atoms with Gasteiger partial charge >= 0.3 is 11.9 Å². The average molecular weight is 534 g/mol. The van der Waals surface area contributed by atoms with Crippen LogP contribution in [0.25, 0.3) is 0 Å². The lowest BCUT2D eigenvalue weighted by molar-refractivity contribution is -0.179. The van der Waals surface area contributed by atoms with Crippen molar-refractivity contribution in [2.75, 3.05) is 34.1 Å². The Hall–Kier alpha value is -2.82. The highest BCUT2D eigenvalue weighted by Gasteiger charge is 2.59. The van der Waals surface area contributed by atoms with Crippen LogP contribution < -0.4 is 9.47 Å². The monoisotopic (exact) mass is 533 g/mol. The van der Waals surface area contributed by atoms with Gasteiger partial charge in [-0.15, -0.1) is 0 Å². The van der Waals surface area contributed by atoms with E-state index in [1.807, 2.05) is 18.2 Å². The third-order valence-corrected chi connectivity index (χ3v) is 8.30. The average Bonchev–Trinajstić information content (AvgIpc) is 3.55. The van der Waals surface area contributed by atoms with E-state index in [4.69, 9.17) is 21.7 Å². The summed E-state index contributed by atoms with van der Waals surface area (Å²) in [6, 6.07) is 3.92. The second-order valence-electron chi connectivity index (χ2n) is 11.3. The molecule has 38 heavy (non-hydrogen) atoms. The van der Waals surface area contributed by atoms with Crippen molar-refractivity contribution in [1.29, 1.82) is 0 Å². The molecule has 3 aliphatic heterocycles. The molecule has 0 amide bonds. The van der Waals surface area contributed by atoms with Crippen LogP contribution in [0, 0.1) is 0 Å². The fourth-order valence-electron chi connectivity index (χ4n) is 6.38. The van der Waals surface area contributed by atoms with E-state index < -0.39 is 48.3 Å². The molecule has 0 saturated carbocycles. The molecule has 1 aliphatic carbocycles. The van der Waals surface area contributed by atoms with Crippen molar-refractivity contribution in [2.24, 2.45) is 0 Å². The van der Waals surface area contributed by atoms with Gasteiger partial charge in [-0.05, 0) is 81.8 Å². The molecule has 1 spiro atoms. The van der Waals surface area contributed by atoms with E-state index in [9.17, 15) is 19.8 Å². The Morgan fingerprint density at radius 3 is 2.68 bits per heavy atom. The Balaban J connectivity index is 1.51. The number of fused-ring (bicyclic) bond motifs is 3. The van der Waals surface area contributed by atoms with Gasteiger partial charge in [-0.2, -0.15) is 0 Å². The lowest BCUT2D eigenvalue weighted by atomic mass is 9.77. The van der Waals surface area contributed by atoms with Crippen LogP contribution in [-0.2, 0) is 30.2 Å². The topological polar surface area (TPSA) is 124 Å². The van der Waals surface area contributed by atoms with Crippen molar-refractivity contribution in [3.63, 3.8) is 0 Å². The standard InChI is InChI=1S/C28H37NO9/c1-26(2,32)8-9-28(33,15-22(30)35-4)25(31)38-24-21(34-3)14-27-7-5-10-29(27)11-6-17-12-19-20(37-16-36-19)13-18(17)23(24)27/h12-14,23-24,32-33H,5-11,15-16H2,1-4H3/t23-,24?,27?,28-/m1/s1/i4D2. The number of hydrogen-bond donors (Lipinski definition) is 2. The highest BCUT2D eigenvalue weighted by molar-refractivity contribution is 5.86. The van der Waals surface area contributed by atoms with Crippen LogP contribution >= 0.6 is 0 Å². The minimum Gasteiger partial charge on any atom is -0.497 e. The molecule has 10 heteroatoms. The van der Waals surface area contributed by atoms with E-state index in [2.05, 4.69) is 9.64 Å². The first-order valence-corrected chi connectivity index (χ1v) is 13.0. The highest BCUT2D eigenvalue weighted by atomic mass is 16.7. The highest BCUT2D eigenvalue weighted by Crippen LogP contribution is 2.55. The summed E-state index contributed by atoms with van der Waals surface area (Å²) in [5.74, 6) is -0.812. The summed E-state index contributed by atoms with van der Waals surface area (Å²) >= 11 is 0. The lowest BCUT2D eigenvalue weighted by Gasteiger charge is -2.39. The van der Waals surface area contributed by atoms with Gasteiger partial charge in [0.05, 0.1) is 40.4 Å². The number of nitrogens with zero attached hydrogens (tertiary/aromatic N) is 1. The van der Waals surface area contributed by atoms with Crippen LogP contribution in [0.3, 0.4) is 0 Å². The van der Waals surface area contributed by atoms with Crippen LogP contribution in [0.2, 0.25) is 0 Å². The molecule has 1 aromatic rings. The number of ether oxygens (including phenoxy) is 5. The molecule has 3 heterocycles. The summed E-state index contributed by atoms with van der Waals surface area (Å²) in [6.45, 7) is 4.83. The summed E-state index contributed by atoms with van der Waals surface area (Å²) in [6.07, 6.45) is 2.49. The molecular formula is C28H37NO9. The number of rotatable bonds is 8. The number of carbonyl (C=O) groups excluding carboxylic acids is 2. The fraction of sp³-hybridized carbons (Fsp3) is 0.643. The summed E-state index contributed by atoms with van der Waals surface area (Å²) in [4.78, 5) is 28.5. The molecule has 4 atom stereocenters. The van der Waals surface area contributed by atoms with Gasteiger partial charge in [0.1, 0.15) is 5.76 Å². The van der Waals surface area contributed by atoms with Crippen LogP contribution in [-0.4, -0.2) is 84.0 Å². The summed E-state index contributed by atoms with van der Waals surface area (Å²) < 4.78 is 42.2. The summed E-state index contributed by atoms with van der Waals surface area (Å²) in [5.41, 5.74) is -2.09. The molecule has 0 radical (unpaired) electrons. The lowest BCUT2D eigenvalue weighted by Crippen LogP contribution is -2.49. The molecule has 0 bridgehead atoms. The number of benzene rings is 1. The van der Waals surface area contributed by atoms with Gasteiger partial charge in [0, 0.05) is 6.54 Å². The molecule has 208 valence electrons. The molecular weight excluding hydrogens is 494 g/mol. The van der Waals surface area contributed by atoms with E-state index in [1.54, 1.807) is 0 Å². The van der Waals surface area contributed by atoms with Crippen LogP contribution in [0.1, 0.15) is 65.7 Å². The quantitative estimate of drug-likeness (QED) is 0.481. The van der Waals surface area contributed by atoms with E-state index in [0.717, 1.165) is 43.5 Å². The first-order chi connectivity index (χ1) is 18.8. The minimum absolute atomic E-state index is 0.0256. The molecule has 4 aliphatic rings. The number of esters is 2. The van der Waals surface area contributed by atoms with Gasteiger partial charge in [0.2, 0.25) is 6.79 Å². The largest absolute Gasteiger partial charge is 0.497 e. The SMILES string of the molecule is [2H]C([2H])OC(=O)C[C@](O)(CCC(C)(C)O)C(=O)OC1C(OC)=CC23CCCN2CCc2cc4c(cc2[C@H]13)OCO4. The molecule has 5 rings (SSSR count). The van der Waals surface area contributed by atoms with Crippen molar-refractivity contribution in [3.8, 4) is 11.5 Å². The molecule has 1 saturated heterocycles. The van der Waals surface area contributed by atoms with E-state index in [-0.39, 0.29) is 25.6 Å². The van der Waals surface area contributed by atoms with E-state index in [0.29, 0.717) is 17.3 Å². The predicted octanol–water partition coefficient (Wildman–Crippen LogP) is 2.19. The van der Waals surface area contributed by atoms with Gasteiger partial charge in [0.25, 0.3) is 0 Å². The van der Waals surface area contributed by atoms with Gasteiger partial charge in [-0.3, -0.25) is 9.69 Å². The van der Waals surface area contributed by atoms with Crippen molar-refractivity contribution in [3.05, 3.63) is 35.1 Å². The first kappa shape index (κ1) is 24.2. The number of hydrogen-bond acceptors (Lipinski definition) is 10. The zero-order chi connectivity index (χ0) is 28.9. The van der Waals surface area contributed by atoms with Crippen LogP contribution in [0.15, 0.2) is 24.0 Å². The Labute approximate surface area is 225 Å². The zero-order valence-corrected chi connectivity index (χ0v) is 22.0. The molecule has 2 N–H and O–H groups in total. The molecule has 10 nitrogen and oxygen atoms in total. The maximum absolute atomic E-state index is 13.8. The smallest absolute Gasteiger partial charge is 0.339 e.